The summed E-state index contributed by atoms with van der Waals surface area (Å²) in [6.45, 7) is 8.75. The zero-order valence-corrected chi connectivity index (χ0v) is 15.9. The predicted molar refractivity (Wildman–Crippen MR) is 92.7 cm³/mol. The SMILES string of the molecule is CC1(C)C2CCC1(COC(=O)CC13CCC(CC1=O)C3(C)C)C(=O)C2. The highest BCUT2D eigenvalue weighted by atomic mass is 16.5. The lowest BCUT2D eigenvalue weighted by Crippen LogP contribution is -2.42. The molecule has 4 saturated carbocycles. The summed E-state index contributed by atoms with van der Waals surface area (Å²) in [4.78, 5) is 37.8. The van der Waals surface area contributed by atoms with Gasteiger partial charge in [0.2, 0.25) is 0 Å². The van der Waals surface area contributed by atoms with Gasteiger partial charge < -0.3 is 4.74 Å². The van der Waals surface area contributed by atoms with Gasteiger partial charge in [0.1, 0.15) is 18.2 Å². The topological polar surface area (TPSA) is 60.4 Å². The maximum atomic E-state index is 12.7. The van der Waals surface area contributed by atoms with E-state index >= 15 is 0 Å². The van der Waals surface area contributed by atoms with Crippen LogP contribution in [-0.4, -0.2) is 24.1 Å². The van der Waals surface area contributed by atoms with Gasteiger partial charge in [-0.3, -0.25) is 14.4 Å². The molecule has 0 aliphatic heterocycles. The van der Waals surface area contributed by atoms with Gasteiger partial charge in [-0.25, -0.2) is 0 Å². The summed E-state index contributed by atoms with van der Waals surface area (Å²) in [5, 5.41) is 0. The Bertz CT molecular complexity index is 661. The van der Waals surface area contributed by atoms with Crippen LogP contribution in [0.3, 0.4) is 0 Å². The van der Waals surface area contributed by atoms with Crippen molar-refractivity contribution in [1.29, 1.82) is 0 Å². The van der Waals surface area contributed by atoms with Crippen LogP contribution in [0, 0.1) is 33.5 Å². The summed E-state index contributed by atoms with van der Waals surface area (Å²) in [5.74, 6) is 1.03. The largest absolute Gasteiger partial charge is 0.465 e. The van der Waals surface area contributed by atoms with Crippen LogP contribution < -0.4 is 0 Å². The average molecular weight is 346 g/mol. The average Bonchev–Trinajstić information content (AvgIpc) is 3.05. The molecule has 0 aromatic carbocycles. The van der Waals surface area contributed by atoms with E-state index in [9.17, 15) is 14.4 Å². The molecule has 0 spiro atoms. The van der Waals surface area contributed by atoms with Crippen molar-refractivity contribution in [1.82, 2.24) is 0 Å². The number of ether oxygens (including phenoxy) is 1. The molecule has 4 fully saturated rings. The van der Waals surface area contributed by atoms with Gasteiger partial charge in [0.05, 0.1) is 11.8 Å². The van der Waals surface area contributed by atoms with Gasteiger partial charge in [0, 0.05) is 18.3 Å². The van der Waals surface area contributed by atoms with Crippen molar-refractivity contribution >= 4 is 17.5 Å². The molecular formula is C21H30O4. The fourth-order valence-electron chi connectivity index (χ4n) is 6.79. The third-order valence-corrected chi connectivity index (χ3v) is 9.20. The molecule has 4 nitrogen and oxygen atoms in total. The van der Waals surface area contributed by atoms with Crippen molar-refractivity contribution < 1.29 is 19.1 Å². The molecular weight excluding hydrogens is 316 g/mol. The smallest absolute Gasteiger partial charge is 0.306 e. The van der Waals surface area contributed by atoms with Crippen LogP contribution in [0.25, 0.3) is 0 Å². The molecule has 4 atom stereocenters. The molecule has 4 aliphatic carbocycles. The first kappa shape index (κ1) is 17.2. The van der Waals surface area contributed by atoms with Crippen LogP contribution in [0.15, 0.2) is 0 Å². The van der Waals surface area contributed by atoms with Crippen molar-refractivity contribution in [2.24, 2.45) is 33.5 Å². The zero-order valence-electron chi connectivity index (χ0n) is 15.9. The van der Waals surface area contributed by atoms with E-state index in [2.05, 4.69) is 27.7 Å². The third-order valence-electron chi connectivity index (χ3n) is 9.20. The van der Waals surface area contributed by atoms with Crippen LogP contribution in [-0.2, 0) is 19.1 Å². The van der Waals surface area contributed by atoms with E-state index < -0.39 is 10.8 Å². The number of ketones is 2. The van der Waals surface area contributed by atoms with Crippen LogP contribution in [0.5, 0.6) is 0 Å². The predicted octanol–water partition coefficient (Wildman–Crippen LogP) is 3.71. The number of fused-ring (bicyclic) bond motifs is 4. The summed E-state index contributed by atoms with van der Waals surface area (Å²) in [7, 11) is 0. The van der Waals surface area contributed by atoms with E-state index in [1.807, 2.05) is 0 Å². The second kappa shape index (κ2) is 4.95. The number of carbonyl (C=O) groups excluding carboxylic acids is 3. The van der Waals surface area contributed by atoms with Crippen LogP contribution >= 0.6 is 0 Å². The van der Waals surface area contributed by atoms with Crippen LogP contribution in [0.1, 0.15) is 72.6 Å². The van der Waals surface area contributed by atoms with Gasteiger partial charge in [-0.2, -0.15) is 0 Å². The molecule has 138 valence electrons. The fourth-order valence-corrected chi connectivity index (χ4v) is 6.79. The second-order valence-electron chi connectivity index (χ2n) is 10.2. The van der Waals surface area contributed by atoms with Gasteiger partial charge in [0.25, 0.3) is 0 Å². The molecule has 0 radical (unpaired) electrons. The van der Waals surface area contributed by atoms with Crippen molar-refractivity contribution in [3.05, 3.63) is 0 Å². The number of carbonyl (C=O) groups is 3. The molecule has 4 rings (SSSR count). The standard InChI is InChI=1S/C21H30O4/c1-18(2)13-5-7-20(18,15(22)9-13)11-17(24)25-12-21-8-6-14(10-16(21)23)19(21,3)4/h13-14H,5-12H2,1-4H3. The molecule has 0 aromatic heterocycles. The number of hydrogen-bond acceptors (Lipinski definition) is 4. The molecule has 4 unspecified atom stereocenters. The first-order valence-electron chi connectivity index (χ1n) is 9.79. The molecule has 0 aromatic rings. The Hall–Kier alpha value is -1.19. The van der Waals surface area contributed by atoms with Gasteiger partial charge in [0.15, 0.2) is 0 Å². The third kappa shape index (κ3) is 1.92. The Kier molecular flexibility index (Phi) is 3.41. The van der Waals surface area contributed by atoms with Gasteiger partial charge in [-0.1, -0.05) is 27.7 Å². The summed E-state index contributed by atoms with van der Waals surface area (Å²) in [6.07, 6.45) is 5.13. The maximum Gasteiger partial charge on any atom is 0.306 e. The van der Waals surface area contributed by atoms with E-state index in [1.165, 1.54) is 0 Å². The molecule has 0 amide bonds. The summed E-state index contributed by atoms with van der Waals surface area (Å²) >= 11 is 0. The lowest BCUT2D eigenvalue weighted by Gasteiger charge is -2.37. The Morgan fingerprint density at radius 2 is 1.40 bits per heavy atom. The lowest BCUT2D eigenvalue weighted by atomic mass is 9.67. The number of rotatable bonds is 4. The van der Waals surface area contributed by atoms with Crippen LogP contribution in [0.2, 0.25) is 0 Å². The highest BCUT2D eigenvalue weighted by Gasteiger charge is 2.66. The van der Waals surface area contributed by atoms with E-state index in [1.54, 1.807) is 0 Å². The molecule has 4 heteroatoms. The molecule has 0 saturated heterocycles. The summed E-state index contributed by atoms with van der Waals surface area (Å²) in [5.41, 5.74) is -1.26. The highest BCUT2D eigenvalue weighted by molar-refractivity contribution is 5.93. The number of Topliss-reactive ketones (excluding diaryl/α,β-unsaturated/α-hetero) is 2. The van der Waals surface area contributed by atoms with Gasteiger partial charge in [-0.15, -0.1) is 0 Å². The van der Waals surface area contributed by atoms with E-state index in [4.69, 9.17) is 4.74 Å². The number of hydrogen-bond donors (Lipinski definition) is 0. The minimum absolute atomic E-state index is 0.0937. The van der Waals surface area contributed by atoms with Crippen molar-refractivity contribution in [2.45, 2.75) is 72.6 Å². The fraction of sp³-hybridized carbons (Fsp3) is 0.857. The lowest BCUT2D eigenvalue weighted by molar-refractivity contribution is -0.158. The van der Waals surface area contributed by atoms with E-state index in [0.717, 1.165) is 25.7 Å². The minimum atomic E-state index is -0.542. The van der Waals surface area contributed by atoms with Crippen LogP contribution in [0.4, 0.5) is 0 Å². The minimum Gasteiger partial charge on any atom is -0.465 e. The van der Waals surface area contributed by atoms with Crippen molar-refractivity contribution in [3.63, 3.8) is 0 Å². The Labute approximate surface area is 150 Å². The molecule has 4 aliphatic rings. The number of esters is 1. The molecule has 4 bridgehead atoms. The first-order chi connectivity index (χ1) is 11.6. The highest BCUT2D eigenvalue weighted by Crippen LogP contribution is 2.66. The Morgan fingerprint density at radius 1 is 0.920 bits per heavy atom. The Balaban J connectivity index is 1.47. The summed E-state index contributed by atoms with van der Waals surface area (Å²) < 4.78 is 5.69. The second-order valence-corrected chi connectivity index (χ2v) is 10.2. The van der Waals surface area contributed by atoms with E-state index in [0.29, 0.717) is 24.7 Å². The maximum absolute atomic E-state index is 12.7. The van der Waals surface area contributed by atoms with E-state index in [-0.39, 0.29) is 41.4 Å². The van der Waals surface area contributed by atoms with Gasteiger partial charge >= 0.3 is 5.97 Å². The zero-order chi connectivity index (χ0) is 18.3. The van der Waals surface area contributed by atoms with Crippen molar-refractivity contribution in [3.8, 4) is 0 Å². The normalized spacial score (nSPS) is 43.0. The monoisotopic (exact) mass is 346 g/mol. The first-order valence-corrected chi connectivity index (χ1v) is 9.79. The Morgan fingerprint density at radius 3 is 1.80 bits per heavy atom. The summed E-state index contributed by atoms with van der Waals surface area (Å²) in [6, 6.07) is 0. The van der Waals surface area contributed by atoms with Gasteiger partial charge in [-0.05, 0) is 48.3 Å². The molecule has 0 N–H and O–H groups in total. The molecule has 25 heavy (non-hydrogen) atoms. The van der Waals surface area contributed by atoms with Crippen molar-refractivity contribution in [2.75, 3.05) is 6.61 Å². The molecule has 0 heterocycles. The quantitative estimate of drug-likeness (QED) is 0.728.